The first kappa shape index (κ1) is 25.8. The molecule has 0 radical (unpaired) electrons. The maximum absolute atomic E-state index is 13.1. The molecule has 33 heavy (non-hydrogen) atoms. The largest absolute Gasteiger partial charge is 0.498 e. The smallest absolute Gasteiger partial charge is 0.334 e. The summed E-state index contributed by atoms with van der Waals surface area (Å²) in [6, 6.07) is 10.7. The van der Waals surface area contributed by atoms with Crippen LogP contribution in [0.3, 0.4) is 0 Å². The van der Waals surface area contributed by atoms with Gasteiger partial charge in [-0.2, -0.15) is 0 Å². The number of sulfonamides is 1. The number of nitro benzene ring substituents is 1. The Labute approximate surface area is 192 Å². The fourth-order valence-corrected chi connectivity index (χ4v) is 4.41. The highest BCUT2D eigenvalue weighted by atomic mass is 32.2. The summed E-state index contributed by atoms with van der Waals surface area (Å²) in [4.78, 5) is 22.1. The van der Waals surface area contributed by atoms with Crippen molar-refractivity contribution in [3.63, 3.8) is 0 Å². The number of hydrogen-bond donors (Lipinski definition) is 1. The number of para-hydroxylation sites is 1. The molecule has 0 spiro atoms. The van der Waals surface area contributed by atoms with E-state index in [1.54, 1.807) is 38.1 Å². The van der Waals surface area contributed by atoms with E-state index in [-0.39, 0.29) is 25.4 Å². The molecular weight excluding hydrogens is 452 g/mol. The van der Waals surface area contributed by atoms with Crippen LogP contribution in [0.15, 0.2) is 65.3 Å². The standard InChI is InChI=1S/C22H26N2O8S/c1-4-31-18(15-22(25)32-5-2)14-19(16-10-12-17(30-3)13-11-16)23-33(28,29)21-9-7-6-8-20(21)24(26)27/h6-13,15,19,23H,4-5,14H2,1-3H3/b18-15+. The number of carbonyl (C=O) groups is 1. The van der Waals surface area contributed by atoms with Gasteiger partial charge in [-0.05, 0) is 37.6 Å². The van der Waals surface area contributed by atoms with Gasteiger partial charge in [0.2, 0.25) is 10.0 Å². The Bertz CT molecular complexity index is 1100. The van der Waals surface area contributed by atoms with Crippen molar-refractivity contribution in [3.05, 3.63) is 76.0 Å². The van der Waals surface area contributed by atoms with Gasteiger partial charge in [0.25, 0.3) is 5.69 Å². The lowest BCUT2D eigenvalue weighted by atomic mass is 10.0. The fourth-order valence-electron chi connectivity index (χ4n) is 3.01. The van der Waals surface area contributed by atoms with Crippen LogP contribution < -0.4 is 9.46 Å². The Morgan fingerprint density at radius 1 is 1.09 bits per heavy atom. The first-order valence-corrected chi connectivity index (χ1v) is 11.6. The van der Waals surface area contributed by atoms with Crippen LogP contribution in [0.25, 0.3) is 0 Å². The highest BCUT2D eigenvalue weighted by Crippen LogP contribution is 2.29. The molecular formula is C22H26N2O8S. The van der Waals surface area contributed by atoms with Crippen LogP contribution in [-0.2, 0) is 24.3 Å². The van der Waals surface area contributed by atoms with E-state index in [2.05, 4.69) is 4.72 Å². The summed E-state index contributed by atoms with van der Waals surface area (Å²) in [7, 11) is -2.82. The van der Waals surface area contributed by atoms with Gasteiger partial charge in [-0.25, -0.2) is 17.9 Å². The lowest BCUT2D eigenvalue weighted by Crippen LogP contribution is -2.30. The third kappa shape index (κ3) is 7.29. The van der Waals surface area contributed by atoms with Gasteiger partial charge in [0.1, 0.15) is 11.5 Å². The molecule has 0 aliphatic heterocycles. The molecule has 1 unspecified atom stereocenters. The summed E-state index contributed by atoms with van der Waals surface area (Å²) < 4.78 is 44.4. The van der Waals surface area contributed by atoms with Gasteiger partial charge in [0.05, 0.1) is 37.4 Å². The Morgan fingerprint density at radius 2 is 1.73 bits per heavy atom. The summed E-state index contributed by atoms with van der Waals surface area (Å²) in [5, 5.41) is 11.4. The third-order valence-electron chi connectivity index (χ3n) is 4.47. The Kier molecular flexibility index (Phi) is 9.37. The highest BCUT2D eigenvalue weighted by molar-refractivity contribution is 7.89. The lowest BCUT2D eigenvalue weighted by Gasteiger charge is -2.21. The van der Waals surface area contributed by atoms with Crippen LogP contribution in [-0.4, -0.2) is 39.6 Å². The van der Waals surface area contributed by atoms with Crippen LogP contribution in [0, 0.1) is 10.1 Å². The minimum Gasteiger partial charge on any atom is -0.498 e. The molecule has 10 nitrogen and oxygen atoms in total. The lowest BCUT2D eigenvalue weighted by molar-refractivity contribution is -0.387. The third-order valence-corrected chi connectivity index (χ3v) is 5.99. The molecule has 2 aromatic rings. The minimum atomic E-state index is -4.32. The molecule has 0 heterocycles. The first-order valence-electron chi connectivity index (χ1n) is 10.1. The summed E-state index contributed by atoms with van der Waals surface area (Å²) in [5.41, 5.74) is -0.0157. The van der Waals surface area contributed by atoms with E-state index in [1.807, 2.05) is 0 Å². The van der Waals surface area contributed by atoms with E-state index in [0.29, 0.717) is 11.3 Å². The van der Waals surface area contributed by atoms with Crippen molar-refractivity contribution in [1.29, 1.82) is 0 Å². The summed E-state index contributed by atoms with van der Waals surface area (Å²) in [6.07, 6.45) is 1.11. The molecule has 2 aromatic carbocycles. The second kappa shape index (κ2) is 12.0. The SMILES string of the molecule is CCOC(=O)/C=C(\CC(NS(=O)(=O)c1ccccc1[N+](=O)[O-])c1ccc(OC)cc1)OCC. The molecule has 0 aliphatic rings. The number of nitrogens with zero attached hydrogens (tertiary/aromatic N) is 1. The number of esters is 1. The Morgan fingerprint density at radius 3 is 2.30 bits per heavy atom. The van der Waals surface area contributed by atoms with Crippen LogP contribution in [0.1, 0.15) is 31.9 Å². The van der Waals surface area contributed by atoms with Gasteiger partial charge >= 0.3 is 5.97 Å². The highest BCUT2D eigenvalue weighted by Gasteiger charge is 2.29. The van der Waals surface area contributed by atoms with Crippen LogP contribution >= 0.6 is 0 Å². The van der Waals surface area contributed by atoms with Crippen molar-refractivity contribution in [1.82, 2.24) is 4.72 Å². The van der Waals surface area contributed by atoms with Crippen molar-refractivity contribution in [2.75, 3.05) is 20.3 Å². The van der Waals surface area contributed by atoms with Crippen molar-refractivity contribution in [3.8, 4) is 5.75 Å². The second-order valence-electron chi connectivity index (χ2n) is 6.67. The molecule has 0 amide bonds. The molecule has 178 valence electrons. The van der Waals surface area contributed by atoms with Crippen molar-refractivity contribution in [2.45, 2.75) is 31.2 Å². The van der Waals surface area contributed by atoms with Gasteiger partial charge in [-0.3, -0.25) is 10.1 Å². The maximum atomic E-state index is 13.1. The zero-order valence-electron chi connectivity index (χ0n) is 18.5. The number of nitrogens with one attached hydrogen (secondary N) is 1. The number of rotatable bonds is 12. The number of methoxy groups -OCH3 is 1. The molecule has 2 rings (SSSR count). The second-order valence-corrected chi connectivity index (χ2v) is 8.35. The van der Waals surface area contributed by atoms with Crippen LogP contribution in [0.4, 0.5) is 5.69 Å². The topological polar surface area (TPSA) is 134 Å². The number of benzene rings is 2. The molecule has 0 saturated carbocycles. The molecule has 1 N–H and O–H groups in total. The minimum absolute atomic E-state index is 0.0428. The van der Waals surface area contributed by atoms with Crippen molar-refractivity contribution in [2.24, 2.45) is 0 Å². The predicted molar refractivity (Wildman–Crippen MR) is 120 cm³/mol. The van der Waals surface area contributed by atoms with E-state index in [9.17, 15) is 23.3 Å². The molecule has 11 heteroatoms. The van der Waals surface area contributed by atoms with Crippen LogP contribution in [0.2, 0.25) is 0 Å². The van der Waals surface area contributed by atoms with Crippen LogP contribution in [0.5, 0.6) is 5.75 Å². The van der Waals surface area contributed by atoms with E-state index < -0.39 is 37.5 Å². The first-order chi connectivity index (χ1) is 15.7. The number of nitro groups is 1. The zero-order valence-corrected chi connectivity index (χ0v) is 19.3. The van der Waals surface area contributed by atoms with Gasteiger partial charge in [-0.1, -0.05) is 24.3 Å². The van der Waals surface area contributed by atoms with Gasteiger partial charge in [-0.15, -0.1) is 0 Å². The average molecular weight is 479 g/mol. The van der Waals surface area contributed by atoms with Gasteiger partial charge < -0.3 is 14.2 Å². The maximum Gasteiger partial charge on any atom is 0.334 e. The van der Waals surface area contributed by atoms with Gasteiger partial charge in [0, 0.05) is 12.5 Å². The normalized spacial score (nSPS) is 12.6. The average Bonchev–Trinajstić information content (AvgIpc) is 2.79. The van der Waals surface area contributed by atoms with Crippen molar-refractivity contribution < 1.29 is 32.3 Å². The zero-order chi connectivity index (χ0) is 24.4. The molecule has 0 aromatic heterocycles. The van der Waals surface area contributed by atoms with E-state index in [0.717, 1.165) is 18.2 Å². The van der Waals surface area contributed by atoms with E-state index in [4.69, 9.17) is 14.2 Å². The Balaban J connectivity index is 2.48. The summed E-state index contributed by atoms with van der Waals surface area (Å²) in [6.45, 7) is 3.78. The monoisotopic (exact) mass is 478 g/mol. The van der Waals surface area contributed by atoms with Gasteiger partial charge in [0.15, 0.2) is 4.90 Å². The quantitative estimate of drug-likeness (QED) is 0.161. The number of carbonyl (C=O) groups excluding carboxylic acids is 1. The van der Waals surface area contributed by atoms with E-state index >= 15 is 0 Å². The molecule has 0 saturated heterocycles. The number of hydrogen-bond acceptors (Lipinski definition) is 8. The Hall–Kier alpha value is -3.44. The molecule has 0 bridgehead atoms. The fraction of sp³-hybridized carbons (Fsp3) is 0.318. The number of ether oxygens (including phenoxy) is 3. The molecule has 1 atom stereocenters. The van der Waals surface area contributed by atoms with Crippen molar-refractivity contribution >= 4 is 21.7 Å². The van der Waals surface area contributed by atoms with E-state index in [1.165, 1.54) is 19.2 Å². The molecule has 0 aliphatic carbocycles. The predicted octanol–water partition coefficient (Wildman–Crippen LogP) is 3.50. The molecule has 0 fully saturated rings. The summed E-state index contributed by atoms with van der Waals surface area (Å²) in [5.74, 6) is 0.129. The summed E-state index contributed by atoms with van der Waals surface area (Å²) >= 11 is 0.